The molecule has 0 amide bonds. The molecule has 2 rings (SSSR count). The molecule has 24 heavy (non-hydrogen) atoms. The van der Waals surface area contributed by atoms with Gasteiger partial charge in [-0.3, -0.25) is 0 Å². The zero-order valence-corrected chi connectivity index (χ0v) is 14.7. The van der Waals surface area contributed by atoms with E-state index in [0.29, 0.717) is 6.61 Å². The van der Waals surface area contributed by atoms with Gasteiger partial charge in [-0.2, -0.15) is 0 Å². The molecule has 0 radical (unpaired) electrons. The fourth-order valence-electron chi connectivity index (χ4n) is 2.38. The summed E-state index contributed by atoms with van der Waals surface area (Å²) in [6, 6.07) is 13.8. The third-order valence-corrected chi connectivity index (χ3v) is 3.96. The monoisotopic (exact) mass is 330 g/mol. The number of ether oxygens (including phenoxy) is 2. The predicted molar refractivity (Wildman–Crippen MR) is 94.5 cm³/mol. The SMILES string of the molecule is CC(C)(CCOC(C)(C)c1ccc(O)cc1)Oc1ccc(O)cc1. The second-order valence-corrected chi connectivity index (χ2v) is 7.01. The summed E-state index contributed by atoms with van der Waals surface area (Å²) in [4.78, 5) is 0. The van der Waals surface area contributed by atoms with E-state index in [2.05, 4.69) is 0 Å². The fraction of sp³-hybridized carbons (Fsp3) is 0.400. The molecule has 2 aromatic rings. The van der Waals surface area contributed by atoms with Crippen LogP contribution in [-0.4, -0.2) is 22.4 Å². The van der Waals surface area contributed by atoms with Crippen LogP contribution in [0.4, 0.5) is 0 Å². The summed E-state index contributed by atoms with van der Waals surface area (Å²) in [5, 5.41) is 18.7. The molecule has 4 heteroatoms. The average Bonchev–Trinajstić information content (AvgIpc) is 2.49. The van der Waals surface area contributed by atoms with Crippen LogP contribution in [0.25, 0.3) is 0 Å². The van der Waals surface area contributed by atoms with Gasteiger partial charge in [0.25, 0.3) is 0 Å². The van der Waals surface area contributed by atoms with Gasteiger partial charge in [-0.25, -0.2) is 0 Å². The van der Waals surface area contributed by atoms with Crippen LogP contribution in [0.2, 0.25) is 0 Å². The molecule has 0 atom stereocenters. The van der Waals surface area contributed by atoms with Crippen LogP contribution in [0, 0.1) is 0 Å². The molecule has 0 aromatic heterocycles. The molecular weight excluding hydrogens is 304 g/mol. The van der Waals surface area contributed by atoms with Crippen molar-refractivity contribution in [2.24, 2.45) is 0 Å². The van der Waals surface area contributed by atoms with Crippen LogP contribution in [0.15, 0.2) is 48.5 Å². The van der Waals surface area contributed by atoms with E-state index in [4.69, 9.17) is 9.47 Å². The Morgan fingerprint density at radius 3 is 1.83 bits per heavy atom. The van der Waals surface area contributed by atoms with E-state index < -0.39 is 5.60 Å². The first-order valence-electron chi connectivity index (χ1n) is 8.09. The Morgan fingerprint density at radius 1 is 0.792 bits per heavy atom. The molecule has 0 aliphatic carbocycles. The van der Waals surface area contributed by atoms with Crippen LogP contribution in [0.3, 0.4) is 0 Å². The van der Waals surface area contributed by atoms with E-state index in [0.717, 1.165) is 17.7 Å². The van der Waals surface area contributed by atoms with Crippen molar-refractivity contribution in [2.75, 3.05) is 6.61 Å². The van der Waals surface area contributed by atoms with E-state index in [1.165, 1.54) is 0 Å². The number of phenols is 2. The lowest BCUT2D eigenvalue weighted by molar-refractivity contribution is -0.0443. The van der Waals surface area contributed by atoms with E-state index >= 15 is 0 Å². The lowest BCUT2D eigenvalue weighted by atomic mass is 9.97. The zero-order chi connectivity index (χ0) is 17.8. The normalized spacial score (nSPS) is 12.2. The molecule has 0 spiro atoms. The summed E-state index contributed by atoms with van der Waals surface area (Å²) < 4.78 is 12.0. The maximum absolute atomic E-state index is 9.39. The minimum Gasteiger partial charge on any atom is -0.508 e. The number of hydrogen-bond donors (Lipinski definition) is 2. The molecule has 0 heterocycles. The van der Waals surface area contributed by atoms with Crippen LogP contribution < -0.4 is 4.74 Å². The first-order chi connectivity index (χ1) is 11.2. The Morgan fingerprint density at radius 2 is 1.29 bits per heavy atom. The van der Waals surface area contributed by atoms with E-state index in [1.54, 1.807) is 36.4 Å². The first-order valence-corrected chi connectivity index (χ1v) is 8.09. The standard InChI is InChI=1S/C20H26O4/c1-19(2,24-18-11-9-17(22)10-12-18)13-14-23-20(3,4)15-5-7-16(21)8-6-15/h5-12,21-22H,13-14H2,1-4H3. The first kappa shape index (κ1) is 18.1. The number of phenolic OH excluding ortho intramolecular Hbond substituents is 2. The van der Waals surface area contributed by atoms with Crippen molar-refractivity contribution < 1.29 is 19.7 Å². The lowest BCUT2D eigenvalue weighted by Crippen LogP contribution is -2.32. The van der Waals surface area contributed by atoms with Gasteiger partial charge in [0.15, 0.2) is 0 Å². The van der Waals surface area contributed by atoms with Crippen molar-refractivity contribution in [1.29, 1.82) is 0 Å². The maximum Gasteiger partial charge on any atom is 0.120 e. The minimum absolute atomic E-state index is 0.221. The molecule has 0 bridgehead atoms. The molecule has 0 saturated carbocycles. The summed E-state index contributed by atoms with van der Waals surface area (Å²) in [5.41, 5.74) is 0.183. The minimum atomic E-state index is -0.442. The highest BCUT2D eigenvalue weighted by atomic mass is 16.5. The molecule has 0 unspecified atom stereocenters. The third kappa shape index (κ3) is 5.17. The Bertz CT molecular complexity index is 642. The maximum atomic E-state index is 9.39. The second-order valence-electron chi connectivity index (χ2n) is 7.01. The molecule has 0 fully saturated rings. The average molecular weight is 330 g/mol. The van der Waals surface area contributed by atoms with Gasteiger partial charge in [-0.05, 0) is 69.7 Å². The van der Waals surface area contributed by atoms with Gasteiger partial charge in [0.2, 0.25) is 0 Å². The van der Waals surface area contributed by atoms with Crippen molar-refractivity contribution >= 4 is 0 Å². The van der Waals surface area contributed by atoms with E-state index in [-0.39, 0.29) is 17.1 Å². The summed E-state index contributed by atoms with van der Waals surface area (Å²) in [6.45, 7) is 8.58. The Kier molecular flexibility index (Phi) is 5.40. The van der Waals surface area contributed by atoms with Crippen LogP contribution in [0.5, 0.6) is 17.2 Å². The Labute approximate surface area is 143 Å². The fourth-order valence-corrected chi connectivity index (χ4v) is 2.38. The number of aromatic hydroxyl groups is 2. The quantitative estimate of drug-likeness (QED) is 0.779. The van der Waals surface area contributed by atoms with Crippen LogP contribution in [-0.2, 0) is 10.3 Å². The largest absolute Gasteiger partial charge is 0.508 e. The lowest BCUT2D eigenvalue weighted by Gasteiger charge is -2.30. The van der Waals surface area contributed by atoms with Crippen molar-refractivity contribution in [1.82, 2.24) is 0 Å². The number of benzene rings is 2. The van der Waals surface area contributed by atoms with Gasteiger partial charge in [-0.1, -0.05) is 12.1 Å². The van der Waals surface area contributed by atoms with Crippen molar-refractivity contribution in [3.05, 3.63) is 54.1 Å². The Hall–Kier alpha value is -2.20. The topological polar surface area (TPSA) is 58.9 Å². The highest BCUT2D eigenvalue weighted by molar-refractivity contribution is 5.31. The van der Waals surface area contributed by atoms with Gasteiger partial charge >= 0.3 is 0 Å². The molecule has 0 aliphatic rings. The Balaban J connectivity index is 1.89. The second kappa shape index (κ2) is 7.14. The summed E-state index contributed by atoms with van der Waals surface area (Å²) in [6.07, 6.45) is 0.718. The smallest absolute Gasteiger partial charge is 0.120 e. The van der Waals surface area contributed by atoms with Gasteiger partial charge in [0, 0.05) is 6.42 Å². The van der Waals surface area contributed by atoms with E-state index in [1.807, 2.05) is 39.8 Å². The predicted octanol–water partition coefficient (Wildman–Crippen LogP) is 4.60. The summed E-state index contributed by atoms with van der Waals surface area (Å²) in [5.74, 6) is 1.19. The van der Waals surface area contributed by atoms with E-state index in [9.17, 15) is 10.2 Å². The van der Waals surface area contributed by atoms with Crippen LogP contribution in [0.1, 0.15) is 39.7 Å². The number of rotatable bonds is 7. The van der Waals surface area contributed by atoms with Crippen molar-refractivity contribution in [2.45, 2.75) is 45.3 Å². The molecule has 130 valence electrons. The molecule has 4 nitrogen and oxygen atoms in total. The third-order valence-electron chi connectivity index (χ3n) is 3.96. The highest BCUT2D eigenvalue weighted by Crippen LogP contribution is 2.28. The van der Waals surface area contributed by atoms with Gasteiger partial charge in [0.05, 0.1) is 12.2 Å². The molecule has 2 aromatic carbocycles. The number of hydrogen-bond acceptors (Lipinski definition) is 4. The summed E-state index contributed by atoms with van der Waals surface area (Å²) >= 11 is 0. The van der Waals surface area contributed by atoms with Gasteiger partial charge in [0.1, 0.15) is 22.8 Å². The molecule has 0 aliphatic heterocycles. The van der Waals surface area contributed by atoms with Gasteiger partial charge in [-0.15, -0.1) is 0 Å². The van der Waals surface area contributed by atoms with Crippen LogP contribution >= 0.6 is 0 Å². The zero-order valence-electron chi connectivity index (χ0n) is 14.7. The molecular formula is C20H26O4. The van der Waals surface area contributed by atoms with Crippen molar-refractivity contribution in [3.8, 4) is 17.2 Å². The van der Waals surface area contributed by atoms with Gasteiger partial charge < -0.3 is 19.7 Å². The highest BCUT2D eigenvalue weighted by Gasteiger charge is 2.25. The van der Waals surface area contributed by atoms with Crippen molar-refractivity contribution in [3.63, 3.8) is 0 Å². The molecule has 2 N–H and O–H groups in total. The summed E-state index contributed by atoms with van der Waals surface area (Å²) in [7, 11) is 0. The molecule has 0 saturated heterocycles.